The van der Waals surface area contributed by atoms with Crippen LogP contribution in [0.4, 0.5) is 0 Å². The second-order valence-corrected chi connectivity index (χ2v) is 7.54. The first kappa shape index (κ1) is 21.3. The Balaban J connectivity index is 0.00000312. The van der Waals surface area contributed by atoms with Gasteiger partial charge >= 0.3 is 13.6 Å². The minimum atomic E-state index is -4.26. The van der Waals surface area contributed by atoms with Crippen LogP contribution in [0.2, 0.25) is 5.02 Å². The highest BCUT2D eigenvalue weighted by atomic mass is 35.5. The zero-order valence-electron chi connectivity index (χ0n) is 13.3. The second kappa shape index (κ2) is 8.58. The number of rotatable bonds is 6. The lowest BCUT2D eigenvalue weighted by molar-refractivity contribution is -0.138. The summed E-state index contributed by atoms with van der Waals surface area (Å²) in [4.78, 5) is 29.4. The molecule has 0 saturated heterocycles. The number of aliphatic carboxylic acids is 1. The molecule has 0 radical (unpaired) electrons. The lowest BCUT2D eigenvalue weighted by Crippen LogP contribution is -2.32. The summed E-state index contributed by atoms with van der Waals surface area (Å²) >= 11 is 6.18. The van der Waals surface area contributed by atoms with Crippen molar-refractivity contribution in [2.75, 3.05) is 0 Å². The van der Waals surface area contributed by atoms with Crippen LogP contribution >= 0.6 is 19.2 Å². The number of benzene rings is 2. The molecule has 0 spiro atoms. The number of nitrogens with two attached hydrogens (primary N) is 1. The Hall–Kier alpha value is -1.73. The van der Waals surface area contributed by atoms with Gasteiger partial charge in [0.2, 0.25) is 0 Å². The summed E-state index contributed by atoms with van der Waals surface area (Å²) in [5.74, 6) is -1.14. The van der Waals surface area contributed by atoms with E-state index in [0.717, 1.165) is 0 Å². The fourth-order valence-corrected chi connectivity index (χ4v) is 3.30. The average Bonchev–Trinajstić information content (AvgIpc) is 2.45. The molecule has 2 aromatic carbocycles. The average molecular weight is 387 g/mol. The highest BCUT2D eigenvalue weighted by molar-refractivity contribution is 7.50. The molecule has 2 aromatic rings. The van der Waals surface area contributed by atoms with Crippen molar-refractivity contribution in [1.82, 2.24) is 6.15 Å². The van der Waals surface area contributed by atoms with Gasteiger partial charge < -0.3 is 26.8 Å². The largest absolute Gasteiger partial charge is 0.480 e. The first-order valence-electron chi connectivity index (χ1n) is 7.06. The smallest absolute Gasteiger partial charge is 0.329 e. The number of halogens is 1. The van der Waals surface area contributed by atoms with Crippen LogP contribution in [0.1, 0.15) is 11.1 Å². The predicted octanol–water partition coefficient (Wildman–Crippen LogP) is 2.80. The van der Waals surface area contributed by atoms with Crippen molar-refractivity contribution in [2.24, 2.45) is 5.73 Å². The van der Waals surface area contributed by atoms with Gasteiger partial charge in [0.25, 0.3) is 0 Å². The Bertz CT molecular complexity index is 809. The Morgan fingerprint density at radius 2 is 1.76 bits per heavy atom. The van der Waals surface area contributed by atoms with Gasteiger partial charge in [0.15, 0.2) is 0 Å². The van der Waals surface area contributed by atoms with E-state index < -0.39 is 25.8 Å². The van der Waals surface area contributed by atoms with Gasteiger partial charge in [-0.25, -0.2) is 0 Å². The molecule has 0 aliphatic rings. The van der Waals surface area contributed by atoms with Crippen LogP contribution < -0.4 is 11.9 Å². The number of carboxylic acids is 1. The Morgan fingerprint density at radius 3 is 2.32 bits per heavy atom. The monoisotopic (exact) mass is 386 g/mol. The van der Waals surface area contributed by atoms with Crippen LogP contribution in [-0.2, 0) is 21.9 Å². The minimum Gasteiger partial charge on any atom is -0.480 e. The van der Waals surface area contributed by atoms with Crippen LogP contribution in [0.3, 0.4) is 0 Å². The van der Waals surface area contributed by atoms with E-state index in [1.165, 1.54) is 0 Å². The second-order valence-electron chi connectivity index (χ2n) is 5.49. The van der Waals surface area contributed by atoms with E-state index in [1.54, 1.807) is 42.5 Å². The number of carboxylic acid groups (broad SMARTS) is 1. The van der Waals surface area contributed by atoms with Crippen molar-refractivity contribution < 1.29 is 24.3 Å². The fraction of sp³-hybridized carbons (Fsp3) is 0.188. The van der Waals surface area contributed by atoms with E-state index in [0.29, 0.717) is 27.3 Å². The van der Waals surface area contributed by atoms with E-state index >= 15 is 0 Å². The van der Waals surface area contributed by atoms with Gasteiger partial charge in [-0.3, -0.25) is 9.36 Å². The summed E-state index contributed by atoms with van der Waals surface area (Å²) in [6.07, 6.45) is -0.400. The molecule has 0 aliphatic heterocycles. The zero-order valence-corrected chi connectivity index (χ0v) is 15.0. The van der Waals surface area contributed by atoms with Crippen LogP contribution in [0.15, 0.2) is 42.5 Å². The maximum atomic E-state index is 11.3. The SMILES string of the molecule is N.N[C@@H](Cc1cc(CP(=O)(O)O)cc(-c2ccccc2Cl)c1)C(=O)O. The van der Waals surface area contributed by atoms with Gasteiger partial charge in [-0.1, -0.05) is 48.0 Å². The quantitative estimate of drug-likeness (QED) is 0.478. The Morgan fingerprint density at radius 1 is 1.16 bits per heavy atom. The highest BCUT2D eigenvalue weighted by Gasteiger charge is 2.18. The molecule has 0 aliphatic carbocycles. The van der Waals surface area contributed by atoms with E-state index in [2.05, 4.69) is 0 Å². The van der Waals surface area contributed by atoms with Crippen LogP contribution in [0.25, 0.3) is 11.1 Å². The van der Waals surface area contributed by atoms with E-state index in [9.17, 15) is 19.1 Å². The summed E-state index contributed by atoms with van der Waals surface area (Å²) in [7, 11) is -4.26. The summed E-state index contributed by atoms with van der Waals surface area (Å²) in [5.41, 5.74) is 7.88. The zero-order chi connectivity index (χ0) is 17.9. The summed E-state index contributed by atoms with van der Waals surface area (Å²) < 4.78 is 11.3. The maximum Gasteiger partial charge on any atom is 0.329 e. The third-order valence-corrected chi connectivity index (χ3v) is 4.51. The predicted molar refractivity (Wildman–Crippen MR) is 97.0 cm³/mol. The topological polar surface area (TPSA) is 156 Å². The molecule has 0 amide bonds. The van der Waals surface area contributed by atoms with Gasteiger partial charge in [0.05, 0.1) is 6.16 Å². The molecule has 8 N–H and O–H groups in total. The maximum absolute atomic E-state index is 11.3. The van der Waals surface area contributed by atoms with Crippen LogP contribution in [-0.4, -0.2) is 26.9 Å². The van der Waals surface area contributed by atoms with Crippen molar-refractivity contribution in [1.29, 1.82) is 0 Å². The first-order valence-corrected chi connectivity index (χ1v) is 9.24. The molecule has 0 heterocycles. The molecule has 0 fully saturated rings. The van der Waals surface area contributed by atoms with Crippen LogP contribution in [0.5, 0.6) is 0 Å². The molecule has 0 aromatic heterocycles. The van der Waals surface area contributed by atoms with E-state index in [4.69, 9.17) is 22.4 Å². The highest BCUT2D eigenvalue weighted by Crippen LogP contribution is 2.40. The normalized spacial score (nSPS) is 12.3. The molecule has 0 saturated carbocycles. The molecule has 0 unspecified atom stereocenters. The van der Waals surface area contributed by atoms with Crippen molar-refractivity contribution in [3.8, 4) is 11.1 Å². The molecular weight excluding hydrogens is 367 g/mol. The molecule has 25 heavy (non-hydrogen) atoms. The third-order valence-electron chi connectivity index (χ3n) is 3.40. The molecule has 1 atom stereocenters. The summed E-state index contributed by atoms with van der Waals surface area (Å²) in [5, 5.41) is 9.44. The number of carbonyl (C=O) groups is 1. The summed E-state index contributed by atoms with van der Waals surface area (Å²) in [6, 6.07) is 10.9. The Kier molecular flexibility index (Phi) is 7.31. The van der Waals surface area contributed by atoms with Crippen molar-refractivity contribution in [3.05, 3.63) is 58.6 Å². The molecular formula is C16H20ClN2O5P. The fourth-order valence-electron chi connectivity index (χ4n) is 2.40. The van der Waals surface area contributed by atoms with Crippen molar-refractivity contribution >= 4 is 25.2 Å². The van der Waals surface area contributed by atoms with Gasteiger partial charge in [-0.15, -0.1) is 0 Å². The third kappa shape index (κ3) is 6.25. The molecule has 7 nitrogen and oxygen atoms in total. The van der Waals surface area contributed by atoms with E-state index in [1.807, 2.05) is 0 Å². The first-order chi connectivity index (χ1) is 11.2. The van der Waals surface area contributed by atoms with Gasteiger partial charge in [-0.2, -0.15) is 0 Å². The Labute approximate surface area is 150 Å². The lowest BCUT2D eigenvalue weighted by Gasteiger charge is -2.13. The lowest BCUT2D eigenvalue weighted by atomic mass is 9.97. The number of hydrogen-bond acceptors (Lipinski definition) is 4. The molecule has 136 valence electrons. The molecule has 9 heteroatoms. The summed E-state index contributed by atoms with van der Waals surface area (Å²) in [6.45, 7) is 0. The standard InChI is InChI=1S/C16H17ClNO5P.H3N/c17-14-4-2-1-3-13(14)12-6-10(8-15(18)16(19)20)5-11(7-12)9-24(21,22)23;/h1-7,15H,8-9,18H2,(H,19,20)(H2,21,22,23);1H3/t15-;/m0./s1. The van der Waals surface area contributed by atoms with Gasteiger partial charge in [0.1, 0.15) is 6.04 Å². The van der Waals surface area contributed by atoms with Crippen LogP contribution in [0, 0.1) is 0 Å². The van der Waals surface area contributed by atoms with Crippen molar-refractivity contribution in [3.63, 3.8) is 0 Å². The van der Waals surface area contributed by atoms with Crippen molar-refractivity contribution in [2.45, 2.75) is 18.6 Å². The van der Waals surface area contributed by atoms with Gasteiger partial charge in [0, 0.05) is 10.6 Å². The molecule has 2 rings (SSSR count). The number of hydrogen-bond donors (Lipinski definition) is 5. The van der Waals surface area contributed by atoms with E-state index in [-0.39, 0.29) is 12.6 Å². The molecule has 0 bridgehead atoms. The minimum absolute atomic E-state index is 0. The van der Waals surface area contributed by atoms with Gasteiger partial charge in [-0.05, 0) is 29.2 Å².